The van der Waals surface area contributed by atoms with Crippen LogP contribution in [0.3, 0.4) is 0 Å². The van der Waals surface area contributed by atoms with Crippen molar-refractivity contribution < 1.29 is 4.43 Å². The molecule has 0 spiro atoms. The lowest BCUT2D eigenvalue weighted by Crippen LogP contribution is -2.05. The zero-order chi connectivity index (χ0) is 7.82. The van der Waals surface area contributed by atoms with Crippen LogP contribution in [0.4, 0.5) is 0 Å². The molecule has 2 radical (unpaired) electrons. The Balaban J connectivity index is 2.77. The van der Waals surface area contributed by atoms with Crippen molar-refractivity contribution in [3.8, 4) is 0 Å². The molecule has 5 heteroatoms. The maximum absolute atomic E-state index is 5.44. The molecule has 0 aromatic rings. The Labute approximate surface area is 78.9 Å². The maximum Gasteiger partial charge on any atom is 0.229 e. The molecule has 0 aliphatic heterocycles. The minimum absolute atomic E-state index is 0.400. The second-order valence-electron chi connectivity index (χ2n) is 1.64. The quantitative estimate of drug-likeness (QED) is 0.379. The molecule has 1 nitrogen and oxygen atoms in total. The SMILES string of the molecule is ClCCC[Si]OCC(Cl)Cl. The van der Waals surface area contributed by atoms with Crippen molar-refractivity contribution in [1.29, 1.82) is 0 Å². The smallest absolute Gasteiger partial charge is 0.229 e. The van der Waals surface area contributed by atoms with Crippen LogP contribution in [-0.2, 0) is 4.43 Å². The normalized spacial score (nSPS) is 10.8. The fourth-order valence-electron chi connectivity index (χ4n) is 0.333. The molecule has 0 unspecified atom stereocenters. The minimum Gasteiger partial charge on any atom is -0.415 e. The van der Waals surface area contributed by atoms with Gasteiger partial charge in [-0.05, 0) is 12.5 Å². The Bertz CT molecular complexity index is 71.9. The van der Waals surface area contributed by atoms with Crippen molar-refractivity contribution in [2.45, 2.75) is 17.3 Å². The standard InChI is InChI=1S/C5H9Cl3OSi/c6-2-1-3-10-9-4-5(7)8/h5H,1-4H2. The van der Waals surface area contributed by atoms with Gasteiger partial charge < -0.3 is 4.43 Å². The van der Waals surface area contributed by atoms with Crippen LogP contribution in [0.25, 0.3) is 0 Å². The molecule has 0 aliphatic rings. The van der Waals surface area contributed by atoms with E-state index in [0.717, 1.165) is 12.5 Å². The number of halogens is 3. The van der Waals surface area contributed by atoms with Crippen molar-refractivity contribution >= 4 is 44.6 Å². The molecule has 10 heavy (non-hydrogen) atoms. The predicted molar refractivity (Wildman–Crippen MR) is 47.3 cm³/mol. The third kappa shape index (κ3) is 9.05. The van der Waals surface area contributed by atoms with Crippen LogP contribution in [0, 0.1) is 0 Å². The largest absolute Gasteiger partial charge is 0.415 e. The highest BCUT2D eigenvalue weighted by molar-refractivity contribution is 6.44. The summed E-state index contributed by atoms with van der Waals surface area (Å²) in [5, 5.41) is 0. The summed E-state index contributed by atoms with van der Waals surface area (Å²) < 4.78 is 5.10. The number of alkyl halides is 3. The fraction of sp³-hybridized carbons (Fsp3) is 1.00. The molecular formula is C5H9Cl3OSi. The van der Waals surface area contributed by atoms with Crippen molar-refractivity contribution in [3.05, 3.63) is 0 Å². The molecule has 0 aliphatic carbocycles. The third-order valence-corrected chi connectivity index (χ3v) is 2.17. The summed E-state index contributed by atoms with van der Waals surface area (Å²) in [5.41, 5.74) is 0. The molecule has 0 rings (SSSR count). The van der Waals surface area contributed by atoms with E-state index < -0.39 is 4.84 Å². The monoisotopic (exact) mass is 218 g/mol. The van der Waals surface area contributed by atoms with E-state index in [-0.39, 0.29) is 0 Å². The molecule has 0 amide bonds. The van der Waals surface area contributed by atoms with E-state index in [4.69, 9.17) is 39.2 Å². The van der Waals surface area contributed by atoms with E-state index in [1.807, 2.05) is 0 Å². The summed E-state index contributed by atoms with van der Waals surface area (Å²) in [6.07, 6.45) is 0.995. The van der Waals surface area contributed by atoms with Gasteiger partial charge in [0.15, 0.2) is 0 Å². The number of rotatable bonds is 6. The molecule has 60 valence electrons. The van der Waals surface area contributed by atoms with Crippen LogP contribution in [0.2, 0.25) is 6.04 Å². The first kappa shape index (κ1) is 11.0. The zero-order valence-corrected chi connectivity index (χ0v) is 8.72. The van der Waals surface area contributed by atoms with Gasteiger partial charge in [-0.15, -0.1) is 34.8 Å². The predicted octanol–water partition coefficient (Wildman–Crippen LogP) is 2.47. The van der Waals surface area contributed by atoms with Gasteiger partial charge in [-0.25, -0.2) is 0 Å². The molecule has 0 bridgehead atoms. The van der Waals surface area contributed by atoms with Gasteiger partial charge in [0.05, 0.1) is 6.61 Å². The van der Waals surface area contributed by atoms with Gasteiger partial charge in [-0.2, -0.15) is 0 Å². The lowest BCUT2D eigenvalue weighted by molar-refractivity contribution is 0.353. The summed E-state index contributed by atoms with van der Waals surface area (Å²) in [6, 6.07) is 1.00. The van der Waals surface area contributed by atoms with Crippen LogP contribution in [-0.4, -0.2) is 27.1 Å². The van der Waals surface area contributed by atoms with Gasteiger partial charge in [0.1, 0.15) is 4.84 Å². The van der Waals surface area contributed by atoms with Gasteiger partial charge in [0, 0.05) is 5.88 Å². The first-order valence-electron chi connectivity index (χ1n) is 2.96. The summed E-state index contributed by atoms with van der Waals surface area (Å²) in [5.74, 6) is 0.696. The van der Waals surface area contributed by atoms with E-state index in [2.05, 4.69) is 0 Å². The fourth-order valence-corrected chi connectivity index (χ4v) is 1.78. The Morgan fingerprint density at radius 1 is 1.40 bits per heavy atom. The van der Waals surface area contributed by atoms with Crippen LogP contribution < -0.4 is 0 Å². The highest BCUT2D eigenvalue weighted by Crippen LogP contribution is 2.01. The highest BCUT2D eigenvalue weighted by atomic mass is 35.5. The Morgan fingerprint density at radius 3 is 2.60 bits per heavy atom. The Kier molecular flexibility index (Phi) is 9.00. The van der Waals surface area contributed by atoms with Gasteiger partial charge >= 0.3 is 0 Å². The highest BCUT2D eigenvalue weighted by Gasteiger charge is 1.97. The van der Waals surface area contributed by atoms with Gasteiger partial charge in [-0.1, -0.05) is 0 Å². The first-order valence-corrected chi connectivity index (χ1v) is 5.48. The average Bonchev–Trinajstić information content (AvgIpc) is 1.87. The van der Waals surface area contributed by atoms with Gasteiger partial charge in [0.25, 0.3) is 0 Å². The molecule has 0 atom stereocenters. The van der Waals surface area contributed by atoms with Crippen LogP contribution in [0.5, 0.6) is 0 Å². The summed E-state index contributed by atoms with van der Waals surface area (Å²) in [4.78, 5) is -0.400. The first-order chi connectivity index (χ1) is 4.77. The van der Waals surface area contributed by atoms with Crippen molar-refractivity contribution in [1.82, 2.24) is 0 Å². The topological polar surface area (TPSA) is 9.23 Å². The summed E-state index contributed by atoms with van der Waals surface area (Å²) >= 11 is 16.3. The van der Waals surface area contributed by atoms with Crippen LogP contribution in [0.1, 0.15) is 6.42 Å². The lowest BCUT2D eigenvalue weighted by Gasteiger charge is -2.00. The van der Waals surface area contributed by atoms with Crippen molar-refractivity contribution in [2.75, 3.05) is 12.5 Å². The Morgan fingerprint density at radius 2 is 2.10 bits per heavy atom. The lowest BCUT2D eigenvalue weighted by atomic mass is 10.6. The van der Waals surface area contributed by atoms with E-state index in [1.54, 1.807) is 0 Å². The van der Waals surface area contributed by atoms with E-state index in [0.29, 0.717) is 22.3 Å². The second-order valence-corrected chi connectivity index (χ2v) is 4.37. The molecule has 0 saturated heterocycles. The Hall–Kier alpha value is 1.05. The number of hydrogen-bond acceptors (Lipinski definition) is 1. The van der Waals surface area contributed by atoms with Crippen LogP contribution in [0.15, 0.2) is 0 Å². The molecular weight excluding hydrogens is 210 g/mol. The van der Waals surface area contributed by atoms with E-state index in [1.165, 1.54) is 0 Å². The molecule has 0 aromatic carbocycles. The summed E-state index contributed by atoms with van der Waals surface area (Å²) in [7, 11) is 0.479. The average molecular weight is 220 g/mol. The minimum atomic E-state index is -0.400. The molecule has 0 heterocycles. The molecule has 0 aromatic heterocycles. The van der Waals surface area contributed by atoms with Crippen molar-refractivity contribution in [2.24, 2.45) is 0 Å². The van der Waals surface area contributed by atoms with Gasteiger partial charge in [-0.3, -0.25) is 0 Å². The van der Waals surface area contributed by atoms with Gasteiger partial charge in [0.2, 0.25) is 9.76 Å². The van der Waals surface area contributed by atoms with Crippen molar-refractivity contribution in [3.63, 3.8) is 0 Å². The third-order valence-electron chi connectivity index (χ3n) is 0.724. The number of hydrogen-bond donors (Lipinski definition) is 0. The van der Waals surface area contributed by atoms with Crippen LogP contribution >= 0.6 is 34.8 Å². The zero-order valence-electron chi connectivity index (χ0n) is 5.45. The van der Waals surface area contributed by atoms with E-state index >= 15 is 0 Å². The second kappa shape index (κ2) is 8.15. The molecule has 0 fully saturated rings. The van der Waals surface area contributed by atoms with E-state index in [9.17, 15) is 0 Å². The molecule has 0 saturated carbocycles. The molecule has 0 N–H and O–H groups in total. The summed E-state index contributed by atoms with van der Waals surface area (Å²) in [6.45, 7) is 0.420. The maximum atomic E-state index is 5.44.